The van der Waals surface area contributed by atoms with Crippen molar-refractivity contribution in [3.63, 3.8) is 0 Å². The Balaban J connectivity index is 2.46. The van der Waals surface area contributed by atoms with Gasteiger partial charge in [-0.25, -0.2) is 0 Å². The molecule has 0 bridgehead atoms. The third kappa shape index (κ3) is 2.54. The van der Waals surface area contributed by atoms with E-state index >= 15 is 0 Å². The molecule has 1 rings (SSSR count). The number of carbonyl (C=O) groups is 2. The lowest BCUT2D eigenvalue weighted by Gasteiger charge is -2.12. The van der Waals surface area contributed by atoms with Crippen LogP contribution in [0.25, 0.3) is 0 Å². The first-order valence-corrected chi connectivity index (χ1v) is 4.95. The average molecular weight is 200 g/mol. The number of hydrogen-bond donors (Lipinski definition) is 0. The van der Waals surface area contributed by atoms with Crippen molar-refractivity contribution in [1.29, 1.82) is 0 Å². The summed E-state index contributed by atoms with van der Waals surface area (Å²) in [5.74, 6) is -1.25. The van der Waals surface area contributed by atoms with Gasteiger partial charge in [-0.3, -0.25) is 9.59 Å². The van der Waals surface area contributed by atoms with Gasteiger partial charge in [-0.05, 0) is 20.3 Å². The predicted octanol–water partition coefficient (Wildman–Crippen LogP) is 0.791. The summed E-state index contributed by atoms with van der Waals surface area (Å²) in [5.41, 5.74) is 0. The molecule has 0 aliphatic carbocycles. The van der Waals surface area contributed by atoms with E-state index in [0.29, 0.717) is 19.8 Å². The number of esters is 1. The third-order valence-electron chi connectivity index (χ3n) is 2.40. The number of ether oxygens (including phenoxy) is 2. The average Bonchev–Trinajstić information content (AvgIpc) is 2.68. The van der Waals surface area contributed by atoms with Gasteiger partial charge in [0.2, 0.25) is 0 Å². The number of carbonyl (C=O) groups excluding carboxylic acids is 2. The van der Waals surface area contributed by atoms with Crippen molar-refractivity contribution >= 4 is 11.8 Å². The van der Waals surface area contributed by atoms with Crippen molar-refractivity contribution in [2.45, 2.75) is 20.3 Å². The van der Waals surface area contributed by atoms with E-state index in [1.54, 1.807) is 13.8 Å². The summed E-state index contributed by atoms with van der Waals surface area (Å²) in [6, 6.07) is 0. The minimum atomic E-state index is -0.651. The summed E-state index contributed by atoms with van der Waals surface area (Å²) in [6.07, 6.45) is 0.725. The lowest BCUT2D eigenvalue weighted by Crippen LogP contribution is -2.29. The molecule has 0 saturated carbocycles. The SMILES string of the molecule is CCOC(=O)C(C)C(=O)C1CCOC1. The molecule has 1 saturated heterocycles. The van der Waals surface area contributed by atoms with E-state index in [9.17, 15) is 9.59 Å². The standard InChI is InChI=1S/C10H16O4/c1-3-14-10(12)7(2)9(11)8-4-5-13-6-8/h7-8H,3-6H2,1-2H3. The second-order valence-electron chi connectivity index (χ2n) is 3.44. The van der Waals surface area contributed by atoms with Gasteiger partial charge in [0.25, 0.3) is 0 Å². The highest BCUT2D eigenvalue weighted by Crippen LogP contribution is 2.18. The lowest BCUT2D eigenvalue weighted by molar-refractivity contribution is -0.151. The molecule has 2 unspecified atom stereocenters. The van der Waals surface area contributed by atoms with Crippen LogP contribution in [0.5, 0.6) is 0 Å². The predicted molar refractivity (Wildman–Crippen MR) is 49.7 cm³/mol. The van der Waals surface area contributed by atoms with Crippen molar-refractivity contribution < 1.29 is 19.1 Å². The fourth-order valence-electron chi connectivity index (χ4n) is 1.50. The largest absolute Gasteiger partial charge is 0.465 e. The maximum absolute atomic E-state index is 11.7. The zero-order valence-electron chi connectivity index (χ0n) is 8.62. The zero-order valence-corrected chi connectivity index (χ0v) is 8.62. The molecule has 0 amide bonds. The minimum absolute atomic E-state index is 0.0547. The van der Waals surface area contributed by atoms with Crippen LogP contribution >= 0.6 is 0 Å². The van der Waals surface area contributed by atoms with Crippen LogP contribution in [0.1, 0.15) is 20.3 Å². The van der Waals surface area contributed by atoms with Crippen molar-refractivity contribution in [2.24, 2.45) is 11.8 Å². The molecule has 80 valence electrons. The molecule has 0 spiro atoms. The van der Waals surface area contributed by atoms with Crippen molar-refractivity contribution in [2.75, 3.05) is 19.8 Å². The molecule has 1 heterocycles. The van der Waals surface area contributed by atoms with E-state index < -0.39 is 11.9 Å². The first-order valence-electron chi connectivity index (χ1n) is 4.95. The van der Waals surface area contributed by atoms with E-state index in [2.05, 4.69) is 0 Å². The monoisotopic (exact) mass is 200 g/mol. The van der Waals surface area contributed by atoms with Gasteiger partial charge in [0.1, 0.15) is 5.92 Å². The quantitative estimate of drug-likeness (QED) is 0.497. The van der Waals surface area contributed by atoms with Crippen LogP contribution in [0.15, 0.2) is 0 Å². The lowest BCUT2D eigenvalue weighted by atomic mass is 9.93. The van der Waals surface area contributed by atoms with Crippen LogP contribution in [-0.4, -0.2) is 31.6 Å². The maximum Gasteiger partial charge on any atom is 0.316 e. The van der Waals surface area contributed by atoms with Crippen LogP contribution in [0.2, 0.25) is 0 Å². The second-order valence-corrected chi connectivity index (χ2v) is 3.44. The van der Waals surface area contributed by atoms with Crippen LogP contribution in [0.4, 0.5) is 0 Å². The van der Waals surface area contributed by atoms with Gasteiger partial charge in [0, 0.05) is 12.5 Å². The van der Waals surface area contributed by atoms with E-state index in [1.807, 2.05) is 0 Å². The van der Waals surface area contributed by atoms with E-state index in [-0.39, 0.29) is 11.7 Å². The summed E-state index contributed by atoms with van der Waals surface area (Å²) in [6.45, 7) is 4.71. The van der Waals surface area contributed by atoms with Crippen LogP contribution in [-0.2, 0) is 19.1 Å². The van der Waals surface area contributed by atoms with E-state index in [4.69, 9.17) is 9.47 Å². The smallest absolute Gasteiger partial charge is 0.316 e. The molecule has 0 aromatic carbocycles. The first-order chi connectivity index (χ1) is 6.66. The highest BCUT2D eigenvalue weighted by Gasteiger charge is 2.31. The van der Waals surface area contributed by atoms with Gasteiger partial charge in [-0.2, -0.15) is 0 Å². The van der Waals surface area contributed by atoms with Crippen molar-refractivity contribution in [1.82, 2.24) is 0 Å². The molecule has 0 aromatic heterocycles. The minimum Gasteiger partial charge on any atom is -0.465 e. The van der Waals surface area contributed by atoms with Crippen LogP contribution in [0.3, 0.4) is 0 Å². The highest BCUT2D eigenvalue weighted by atomic mass is 16.5. The van der Waals surface area contributed by atoms with Gasteiger partial charge in [-0.1, -0.05) is 0 Å². The zero-order chi connectivity index (χ0) is 10.6. The van der Waals surface area contributed by atoms with Gasteiger partial charge in [-0.15, -0.1) is 0 Å². The summed E-state index contributed by atoms with van der Waals surface area (Å²) < 4.78 is 9.88. The topological polar surface area (TPSA) is 52.6 Å². The number of rotatable bonds is 4. The van der Waals surface area contributed by atoms with E-state index in [0.717, 1.165) is 6.42 Å². The normalized spacial score (nSPS) is 23.1. The molecule has 4 nitrogen and oxygen atoms in total. The molecule has 14 heavy (non-hydrogen) atoms. The number of Topliss-reactive ketones (excluding diaryl/α,β-unsaturated/α-hetero) is 1. The number of hydrogen-bond acceptors (Lipinski definition) is 4. The number of ketones is 1. The summed E-state index contributed by atoms with van der Waals surface area (Å²) in [5, 5.41) is 0. The molecule has 1 fully saturated rings. The Morgan fingerprint density at radius 2 is 2.29 bits per heavy atom. The Hall–Kier alpha value is -0.900. The van der Waals surface area contributed by atoms with Gasteiger partial charge < -0.3 is 9.47 Å². The first kappa shape index (κ1) is 11.2. The van der Waals surface area contributed by atoms with Crippen molar-refractivity contribution in [3.8, 4) is 0 Å². The fraction of sp³-hybridized carbons (Fsp3) is 0.800. The molecule has 4 heteroatoms. The fourth-order valence-corrected chi connectivity index (χ4v) is 1.50. The maximum atomic E-state index is 11.7. The molecular formula is C10H16O4. The Morgan fingerprint density at radius 1 is 1.57 bits per heavy atom. The van der Waals surface area contributed by atoms with Gasteiger partial charge >= 0.3 is 5.97 Å². The Bertz CT molecular complexity index is 218. The molecule has 0 radical (unpaired) electrons. The Morgan fingerprint density at radius 3 is 2.79 bits per heavy atom. The molecule has 1 aliphatic rings. The molecule has 2 atom stereocenters. The van der Waals surface area contributed by atoms with Crippen LogP contribution in [0, 0.1) is 11.8 Å². The van der Waals surface area contributed by atoms with Gasteiger partial charge in [0.05, 0.1) is 13.2 Å². The third-order valence-corrected chi connectivity index (χ3v) is 2.40. The van der Waals surface area contributed by atoms with Crippen molar-refractivity contribution in [3.05, 3.63) is 0 Å². The molecular weight excluding hydrogens is 184 g/mol. The molecule has 0 N–H and O–H groups in total. The Kier molecular flexibility index (Phi) is 4.07. The highest BCUT2D eigenvalue weighted by molar-refractivity contribution is 5.99. The van der Waals surface area contributed by atoms with E-state index in [1.165, 1.54) is 0 Å². The second kappa shape index (κ2) is 5.10. The summed E-state index contributed by atoms with van der Waals surface area (Å²) >= 11 is 0. The molecule has 0 aromatic rings. The molecule has 1 aliphatic heterocycles. The summed E-state index contributed by atoms with van der Waals surface area (Å²) in [7, 11) is 0. The van der Waals surface area contributed by atoms with Gasteiger partial charge in [0.15, 0.2) is 5.78 Å². The summed E-state index contributed by atoms with van der Waals surface area (Å²) in [4.78, 5) is 22.9. The van der Waals surface area contributed by atoms with Crippen LogP contribution < -0.4 is 0 Å². The Labute approximate surface area is 83.6 Å².